The standard InChI is InChI=1S/C24H23N3O6S/c1-5-17-25-26-24(34-17)27-19(14-11-15(31-2)22(33-4)16(12-14)32-3)18(21(29)23(27)30)20(28)13-9-7-6-8-10-13/h6-12,19,28H,5H2,1-4H3/b20-18+. The van der Waals surface area contributed by atoms with E-state index in [1.54, 1.807) is 42.5 Å². The number of aromatic nitrogens is 2. The summed E-state index contributed by atoms with van der Waals surface area (Å²) in [5, 5.41) is 20.4. The predicted octanol–water partition coefficient (Wildman–Crippen LogP) is 3.75. The van der Waals surface area contributed by atoms with E-state index in [0.29, 0.717) is 39.8 Å². The van der Waals surface area contributed by atoms with Crippen molar-refractivity contribution < 1.29 is 28.9 Å². The number of aliphatic hydroxyl groups excluding tert-OH is 1. The average molecular weight is 482 g/mol. The molecule has 1 saturated heterocycles. The zero-order valence-electron chi connectivity index (χ0n) is 19.1. The molecule has 34 heavy (non-hydrogen) atoms. The Morgan fingerprint density at radius 3 is 2.21 bits per heavy atom. The van der Waals surface area contributed by atoms with Gasteiger partial charge in [-0.3, -0.25) is 14.5 Å². The number of aryl methyl sites for hydroxylation is 1. The van der Waals surface area contributed by atoms with Crippen LogP contribution in [0.4, 0.5) is 5.13 Å². The molecule has 0 bridgehead atoms. The van der Waals surface area contributed by atoms with E-state index in [4.69, 9.17) is 14.2 Å². The zero-order chi connectivity index (χ0) is 24.4. The highest BCUT2D eigenvalue weighted by Gasteiger charge is 2.48. The third kappa shape index (κ3) is 3.86. The lowest BCUT2D eigenvalue weighted by Gasteiger charge is -2.24. The molecule has 3 aromatic rings. The van der Waals surface area contributed by atoms with Gasteiger partial charge < -0.3 is 19.3 Å². The first-order chi connectivity index (χ1) is 16.4. The molecule has 1 unspecified atom stereocenters. The number of rotatable bonds is 7. The molecule has 2 heterocycles. The van der Waals surface area contributed by atoms with Crippen LogP contribution in [0, 0.1) is 0 Å². The van der Waals surface area contributed by atoms with Crippen LogP contribution in [0.5, 0.6) is 17.2 Å². The number of aliphatic hydroxyl groups is 1. The van der Waals surface area contributed by atoms with Crippen molar-refractivity contribution in [1.82, 2.24) is 10.2 Å². The Bertz CT molecular complexity index is 1250. The Morgan fingerprint density at radius 2 is 1.68 bits per heavy atom. The van der Waals surface area contributed by atoms with Crippen LogP contribution in [0.15, 0.2) is 48.0 Å². The first-order valence-corrected chi connectivity index (χ1v) is 11.2. The van der Waals surface area contributed by atoms with Gasteiger partial charge in [0.05, 0.1) is 32.9 Å². The van der Waals surface area contributed by atoms with Gasteiger partial charge in [0.1, 0.15) is 10.8 Å². The largest absolute Gasteiger partial charge is 0.507 e. The third-order valence-corrected chi connectivity index (χ3v) is 6.53. The molecule has 1 aliphatic heterocycles. The molecule has 176 valence electrons. The smallest absolute Gasteiger partial charge is 0.301 e. The molecule has 1 fully saturated rings. The maximum atomic E-state index is 13.3. The number of hydrogen-bond acceptors (Lipinski definition) is 9. The van der Waals surface area contributed by atoms with Crippen LogP contribution in [0.2, 0.25) is 0 Å². The highest BCUT2D eigenvalue weighted by Crippen LogP contribution is 2.47. The van der Waals surface area contributed by atoms with Gasteiger partial charge in [-0.25, -0.2) is 0 Å². The average Bonchev–Trinajstić information content (AvgIpc) is 3.45. The van der Waals surface area contributed by atoms with E-state index in [-0.39, 0.29) is 16.5 Å². The van der Waals surface area contributed by atoms with Crippen molar-refractivity contribution in [3.63, 3.8) is 0 Å². The summed E-state index contributed by atoms with van der Waals surface area (Å²) in [6.45, 7) is 1.92. The Labute approximate surface area is 200 Å². The number of ketones is 1. The number of hydrogen-bond donors (Lipinski definition) is 1. The van der Waals surface area contributed by atoms with Crippen molar-refractivity contribution in [2.45, 2.75) is 19.4 Å². The van der Waals surface area contributed by atoms with Gasteiger partial charge >= 0.3 is 5.91 Å². The topological polar surface area (TPSA) is 111 Å². The molecule has 4 rings (SSSR count). The predicted molar refractivity (Wildman–Crippen MR) is 127 cm³/mol. The summed E-state index contributed by atoms with van der Waals surface area (Å²) in [6, 6.07) is 10.9. The van der Waals surface area contributed by atoms with E-state index in [2.05, 4.69) is 10.2 Å². The fourth-order valence-corrected chi connectivity index (χ4v) is 4.65. The summed E-state index contributed by atoms with van der Waals surface area (Å²) >= 11 is 1.21. The van der Waals surface area contributed by atoms with Crippen LogP contribution in [-0.4, -0.2) is 48.3 Å². The van der Waals surface area contributed by atoms with Crippen LogP contribution < -0.4 is 19.1 Å². The lowest BCUT2D eigenvalue weighted by molar-refractivity contribution is -0.132. The van der Waals surface area contributed by atoms with Gasteiger partial charge in [0.25, 0.3) is 5.78 Å². The van der Waals surface area contributed by atoms with Gasteiger partial charge in [0, 0.05) is 5.56 Å². The number of nitrogens with zero attached hydrogens (tertiary/aromatic N) is 3. The van der Waals surface area contributed by atoms with E-state index >= 15 is 0 Å². The second-order valence-electron chi connectivity index (χ2n) is 7.33. The van der Waals surface area contributed by atoms with Crippen molar-refractivity contribution >= 4 is 33.9 Å². The normalized spacial score (nSPS) is 17.2. The second-order valence-corrected chi connectivity index (χ2v) is 8.37. The van der Waals surface area contributed by atoms with E-state index in [0.717, 1.165) is 0 Å². The number of methoxy groups -OCH3 is 3. The summed E-state index contributed by atoms with van der Waals surface area (Å²) in [6.07, 6.45) is 0.625. The lowest BCUT2D eigenvalue weighted by atomic mass is 9.95. The summed E-state index contributed by atoms with van der Waals surface area (Å²) < 4.78 is 16.4. The monoisotopic (exact) mass is 481 g/mol. The highest BCUT2D eigenvalue weighted by atomic mass is 32.1. The first kappa shape index (κ1) is 23.2. The van der Waals surface area contributed by atoms with Crippen molar-refractivity contribution in [3.8, 4) is 17.2 Å². The molecule has 1 N–H and O–H groups in total. The Morgan fingerprint density at radius 1 is 1.03 bits per heavy atom. The quantitative estimate of drug-likeness (QED) is 0.309. The van der Waals surface area contributed by atoms with E-state index in [1.807, 2.05) is 6.92 Å². The van der Waals surface area contributed by atoms with E-state index < -0.39 is 17.7 Å². The number of Topliss-reactive ketones (excluding diaryl/α,β-unsaturated/α-hetero) is 1. The van der Waals surface area contributed by atoms with Gasteiger partial charge in [-0.1, -0.05) is 48.6 Å². The van der Waals surface area contributed by atoms with Crippen LogP contribution in [-0.2, 0) is 16.0 Å². The molecule has 2 aromatic carbocycles. The Balaban J connectivity index is 2.00. The zero-order valence-corrected chi connectivity index (χ0v) is 19.9. The number of ether oxygens (including phenoxy) is 3. The molecule has 1 aromatic heterocycles. The van der Waals surface area contributed by atoms with Gasteiger partial charge in [0.15, 0.2) is 11.5 Å². The molecular formula is C24H23N3O6S. The summed E-state index contributed by atoms with van der Waals surface area (Å²) in [7, 11) is 4.43. The van der Waals surface area contributed by atoms with Gasteiger partial charge in [-0.2, -0.15) is 0 Å². The molecule has 0 saturated carbocycles. The first-order valence-electron chi connectivity index (χ1n) is 10.4. The van der Waals surface area contributed by atoms with Crippen LogP contribution >= 0.6 is 11.3 Å². The van der Waals surface area contributed by atoms with Gasteiger partial charge in [-0.15, -0.1) is 10.2 Å². The number of benzene rings is 2. The molecule has 9 nitrogen and oxygen atoms in total. The van der Waals surface area contributed by atoms with Crippen LogP contribution in [0.3, 0.4) is 0 Å². The minimum atomic E-state index is -0.994. The SMILES string of the molecule is CCc1nnc(N2C(=O)C(=O)/C(=C(/O)c3ccccc3)C2c2cc(OC)c(OC)c(OC)c2)s1. The fourth-order valence-electron chi connectivity index (χ4n) is 3.84. The van der Waals surface area contributed by atoms with E-state index in [9.17, 15) is 14.7 Å². The lowest BCUT2D eigenvalue weighted by Crippen LogP contribution is -2.29. The molecule has 1 atom stereocenters. The minimum absolute atomic E-state index is 0.0706. The van der Waals surface area contributed by atoms with Gasteiger partial charge in [-0.05, 0) is 24.1 Å². The number of carbonyl (C=O) groups excluding carboxylic acids is 2. The summed E-state index contributed by atoms with van der Waals surface area (Å²) in [5.41, 5.74) is 0.808. The van der Waals surface area contributed by atoms with Crippen molar-refractivity contribution in [1.29, 1.82) is 0 Å². The molecule has 0 spiro atoms. The van der Waals surface area contributed by atoms with Crippen molar-refractivity contribution in [2.75, 3.05) is 26.2 Å². The molecule has 10 heteroatoms. The van der Waals surface area contributed by atoms with Crippen LogP contribution in [0.1, 0.15) is 29.1 Å². The molecular weight excluding hydrogens is 458 g/mol. The van der Waals surface area contributed by atoms with E-state index in [1.165, 1.54) is 37.6 Å². The van der Waals surface area contributed by atoms with Crippen molar-refractivity contribution in [3.05, 3.63) is 64.2 Å². The Hall–Kier alpha value is -3.92. The minimum Gasteiger partial charge on any atom is -0.507 e. The summed E-state index contributed by atoms with van der Waals surface area (Å²) in [4.78, 5) is 27.8. The Kier molecular flexibility index (Phi) is 6.51. The number of anilines is 1. The molecule has 1 aliphatic rings. The van der Waals surface area contributed by atoms with Crippen molar-refractivity contribution in [2.24, 2.45) is 0 Å². The molecule has 0 aliphatic carbocycles. The number of amides is 1. The van der Waals surface area contributed by atoms with Gasteiger partial charge in [0.2, 0.25) is 10.9 Å². The fraction of sp³-hybridized carbons (Fsp3) is 0.250. The maximum absolute atomic E-state index is 13.3. The molecule has 1 amide bonds. The summed E-state index contributed by atoms with van der Waals surface area (Å²) in [5.74, 6) is -0.885. The van der Waals surface area contributed by atoms with Crippen LogP contribution in [0.25, 0.3) is 5.76 Å². The second kappa shape index (κ2) is 9.52. The highest BCUT2D eigenvalue weighted by molar-refractivity contribution is 7.15. The molecule has 0 radical (unpaired) electrons. The maximum Gasteiger partial charge on any atom is 0.301 e. The third-order valence-electron chi connectivity index (χ3n) is 5.46. The number of carbonyl (C=O) groups is 2.